The number of hydrogen-bond acceptors (Lipinski definition) is 2. The smallest absolute Gasteiger partial charge is 0.293 e. The molecule has 0 amide bonds. The molecule has 0 radical (unpaired) electrons. The average molecular weight is 292 g/mol. The maximum absolute atomic E-state index is 13.6. The molecule has 1 heterocycles. The minimum Gasteiger partial charge on any atom is -0.293 e. The van der Waals surface area contributed by atoms with Gasteiger partial charge in [0.15, 0.2) is 5.78 Å². The number of rotatable bonds is 2. The fourth-order valence-electron chi connectivity index (χ4n) is 2.01. The molecule has 0 aromatic heterocycles. The van der Waals surface area contributed by atoms with Crippen LogP contribution in [-0.2, 0) is 6.18 Å². The first kappa shape index (κ1) is 14.4. The van der Waals surface area contributed by atoms with Crippen molar-refractivity contribution < 1.29 is 22.4 Å². The Morgan fingerprint density at radius 3 is 2.58 bits per heavy atom. The van der Waals surface area contributed by atoms with Gasteiger partial charge in [-0.1, -0.05) is 6.42 Å². The van der Waals surface area contributed by atoms with Crippen LogP contribution < -0.4 is 0 Å². The summed E-state index contributed by atoms with van der Waals surface area (Å²) in [5.41, 5.74) is -1.44. The predicted octanol–water partition coefficient (Wildman–Crippen LogP) is 4.31. The van der Waals surface area contributed by atoms with E-state index in [2.05, 4.69) is 0 Å². The van der Waals surface area contributed by atoms with Crippen molar-refractivity contribution in [3.8, 4) is 0 Å². The summed E-state index contributed by atoms with van der Waals surface area (Å²) in [7, 11) is 0. The monoisotopic (exact) mass is 292 g/mol. The molecular weight excluding hydrogens is 280 g/mol. The molecule has 1 aromatic rings. The van der Waals surface area contributed by atoms with Crippen LogP contribution in [0.15, 0.2) is 18.2 Å². The Morgan fingerprint density at radius 2 is 2.00 bits per heavy atom. The van der Waals surface area contributed by atoms with Crippen molar-refractivity contribution >= 4 is 17.5 Å². The van der Waals surface area contributed by atoms with Crippen molar-refractivity contribution in [2.75, 3.05) is 5.75 Å². The van der Waals surface area contributed by atoms with Gasteiger partial charge in [0.25, 0.3) is 0 Å². The highest BCUT2D eigenvalue weighted by Gasteiger charge is 2.33. The lowest BCUT2D eigenvalue weighted by Crippen LogP contribution is -2.22. The number of hydrogen-bond donors (Lipinski definition) is 0. The van der Waals surface area contributed by atoms with Gasteiger partial charge in [-0.25, -0.2) is 4.39 Å². The third kappa shape index (κ3) is 3.29. The van der Waals surface area contributed by atoms with E-state index in [1.54, 1.807) is 0 Å². The van der Waals surface area contributed by atoms with E-state index in [-0.39, 0.29) is 0 Å². The highest BCUT2D eigenvalue weighted by molar-refractivity contribution is 8.00. The molecule has 104 valence electrons. The fourth-order valence-corrected chi connectivity index (χ4v) is 3.28. The van der Waals surface area contributed by atoms with E-state index in [1.807, 2.05) is 0 Å². The number of carbonyl (C=O) groups is 1. The highest BCUT2D eigenvalue weighted by Crippen LogP contribution is 2.33. The molecule has 1 saturated heterocycles. The first-order chi connectivity index (χ1) is 8.89. The first-order valence-electron chi connectivity index (χ1n) is 5.92. The van der Waals surface area contributed by atoms with Gasteiger partial charge in [0.05, 0.1) is 16.4 Å². The van der Waals surface area contributed by atoms with Gasteiger partial charge in [0.2, 0.25) is 0 Å². The van der Waals surface area contributed by atoms with Crippen LogP contribution in [0.2, 0.25) is 0 Å². The SMILES string of the molecule is O=C(c1cc(C(F)(F)F)ccc1F)C1CCCCS1. The van der Waals surface area contributed by atoms with Gasteiger partial charge in [-0.3, -0.25) is 4.79 Å². The molecule has 0 bridgehead atoms. The van der Waals surface area contributed by atoms with E-state index in [1.165, 1.54) is 11.8 Å². The van der Waals surface area contributed by atoms with Gasteiger partial charge in [-0.2, -0.15) is 24.9 Å². The molecule has 1 aromatic carbocycles. The van der Waals surface area contributed by atoms with Gasteiger partial charge in [0, 0.05) is 0 Å². The van der Waals surface area contributed by atoms with Crippen LogP contribution in [0.5, 0.6) is 0 Å². The zero-order valence-corrected chi connectivity index (χ0v) is 10.8. The third-order valence-electron chi connectivity index (χ3n) is 3.03. The maximum atomic E-state index is 13.6. The van der Waals surface area contributed by atoms with Crippen molar-refractivity contribution in [3.05, 3.63) is 35.1 Å². The topological polar surface area (TPSA) is 17.1 Å². The second-order valence-corrected chi connectivity index (χ2v) is 5.72. The molecule has 6 heteroatoms. The van der Waals surface area contributed by atoms with Gasteiger partial charge in [0.1, 0.15) is 5.82 Å². The van der Waals surface area contributed by atoms with Gasteiger partial charge < -0.3 is 0 Å². The number of halogens is 4. The summed E-state index contributed by atoms with van der Waals surface area (Å²) < 4.78 is 51.3. The summed E-state index contributed by atoms with van der Waals surface area (Å²) in [6, 6.07) is 1.98. The second kappa shape index (κ2) is 5.53. The van der Waals surface area contributed by atoms with E-state index < -0.39 is 34.2 Å². The molecule has 2 rings (SSSR count). The lowest BCUT2D eigenvalue weighted by molar-refractivity contribution is -0.137. The van der Waals surface area contributed by atoms with Crippen LogP contribution in [0.25, 0.3) is 0 Å². The summed E-state index contributed by atoms with van der Waals surface area (Å²) in [4.78, 5) is 12.1. The average Bonchev–Trinajstić information content (AvgIpc) is 2.38. The molecule has 1 aliphatic heterocycles. The van der Waals surface area contributed by atoms with Crippen molar-refractivity contribution in [2.45, 2.75) is 30.7 Å². The quantitative estimate of drug-likeness (QED) is 0.596. The first-order valence-corrected chi connectivity index (χ1v) is 6.97. The third-order valence-corrected chi connectivity index (χ3v) is 4.41. The van der Waals surface area contributed by atoms with E-state index in [9.17, 15) is 22.4 Å². The Balaban J connectivity index is 2.30. The van der Waals surface area contributed by atoms with Crippen molar-refractivity contribution in [1.82, 2.24) is 0 Å². The minimum atomic E-state index is -4.57. The zero-order valence-electron chi connectivity index (χ0n) is 9.97. The molecule has 0 aliphatic carbocycles. The number of alkyl halides is 3. The molecule has 0 N–H and O–H groups in total. The van der Waals surface area contributed by atoms with E-state index >= 15 is 0 Å². The van der Waals surface area contributed by atoms with Crippen LogP contribution in [0.3, 0.4) is 0 Å². The molecule has 1 fully saturated rings. The number of thioether (sulfide) groups is 1. The summed E-state index contributed by atoms with van der Waals surface area (Å²) in [5.74, 6) is -0.630. The summed E-state index contributed by atoms with van der Waals surface area (Å²) >= 11 is 1.39. The highest BCUT2D eigenvalue weighted by atomic mass is 32.2. The molecule has 1 nitrogen and oxygen atoms in total. The molecule has 1 aliphatic rings. The minimum absolute atomic E-state index is 0.424. The molecule has 1 atom stereocenters. The predicted molar refractivity (Wildman–Crippen MR) is 65.8 cm³/mol. The molecule has 1 unspecified atom stereocenters. The second-order valence-electron chi connectivity index (χ2n) is 4.41. The van der Waals surface area contributed by atoms with Crippen molar-refractivity contribution in [3.63, 3.8) is 0 Å². The van der Waals surface area contributed by atoms with Crippen LogP contribution in [-0.4, -0.2) is 16.8 Å². The number of benzene rings is 1. The molecule has 0 spiro atoms. The van der Waals surface area contributed by atoms with Gasteiger partial charge in [-0.15, -0.1) is 0 Å². The van der Waals surface area contributed by atoms with Crippen molar-refractivity contribution in [1.29, 1.82) is 0 Å². The lowest BCUT2D eigenvalue weighted by atomic mass is 10.0. The Bertz CT molecular complexity index is 478. The number of carbonyl (C=O) groups excluding carboxylic acids is 1. The summed E-state index contributed by atoms with van der Waals surface area (Å²) in [6.45, 7) is 0. The Labute approximate surface area is 112 Å². The molecule has 0 saturated carbocycles. The Morgan fingerprint density at radius 1 is 1.26 bits per heavy atom. The summed E-state index contributed by atoms with van der Waals surface area (Å²) in [5, 5.41) is -0.424. The number of Topliss-reactive ketones (excluding diaryl/α,β-unsaturated/α-hetero) is 1. The normalized spacial score (nSPS) is 20.3. The van der Waals surface area contributed by atoms with Crippen LogP contribution >= 0.6 is 11.8 Å². The zero-order chi connectivity index (χ0) is 14.0. The van der Waals surface area contributed by atoms with E-state index in [0.29, 0.717) is 24.6 Å². The lowest BCUT2D eigenvalue weighted by Gasteiger charge is -2.20. The van der Waals surface area contributed by atoms with Gasteiger partial charge >= 0.3 is 6.18 Å². The van der Waals surface area contributed by atoms with Crippen molar-refractivity contribution in [2.24, 2.45) is 0 Å². The van der Waals surface area contributed by atoms with Gasteiger partial charge in [-0.05, 0) is 36.8 Å². The van der Waals surface area contributed by atoms with Crippen LogP contribution in [0.4, 0.5) is 17.6 Å². The largest absolute Gasteiger partial charge is 0.416 e. The number of ketones is 1. The Hall–Kier alpha value is -1.04. The maximum Gasteiger partial charge on any atom is 0.416 e. The van der Waals surface area contributed by atoms with Crippen LogP contribution in [0, 0.1) is 5.82 Å². The molecule has 19 heavy (non-hydrogen) atoms. The molecular formula is C13H12F4OS. The van der Waals surface area contributed by atoms with Crippen LogP contribution in [0.1, 0.15) is 35.2 Å². The summed E-state index contributed by atoms with van der Waals surface area (Å²) in [6.07, 6.45) is -2.13. The standard InChI is InChI=1S/C13H12F4OS/c14-10-5-4-8(13(15,16)17)7-9(10)12(18)11-3-1-2-6-19-11/h4-5,7,11H,1-3,6H2. The van der Waals surface area contributed by atoms with E-state index in [4.69, 9.17) is 0 Å². The fraction of sp³-hybridized carbons (Fsp3) is 0.462. The Kier molecular flexibility index (Phi) is 4.18. The van der Waals surface area contributed by atoms with E-state index in [0.717, 1.165) is 18.6 Å².